The van der Waals surface area contributed by atoms with Crippen LogP contribution in [0.15, 0.2) is 52.9 Å². The van der Waals surface area contributed by atoms with E-state index in [1.807, 2.05) is 0 Å². The molecule has 0 saturated carbocycles. The number of carbonyl (C=O) groups excluding carboxylic acids is 1. The third kappa shape index (κ3) is 5.28. The second kappa shape index (κ2) is 10.7. The molecule has 0 aliphatic heterocycles. The van der Waals surface area contributed by atoms with Gasteiger partial charge in [-0.05, 0) is 48.4 Å². The van der Waals surface area contributed by atoms with Gasteiger partial charge in [-0.25, -0.2) is 22.0 Å². The summed E-state index contributed by atoms with van der Waals surface area (Å²) in [5.41, 5.74) is -0.889. The van der Waals surface area contributed by atoms with Gasteiger partial charge in [-0.15, -0.1) is 0 Å². The molecule has 0 aliphatic rings. The van der Waals surface area contributed by atoms with Gasteiger partial charge in [0.1, 0.15) is 34.3 Å². The first-order valence-corrected chi connectivity index (χ1v) is 13.4. The van der Waals surface area contributed by atoms with Crippen LogP contribution in [0.2, 0.25) is 0 Å². The number of hydrogen-bond acceptors (Lipinski definition) is 6. The lowest BCUT2D eigenvalue weighted by molar-refractivity contribution is 0.0693. The molecular formula is C27H24F2N2O7S. The summed E-state index contributed by atoms with van der Waals surface area (Å²) in [6, 6.07) is 10.0. The van der Waals surface area contributed by atoms with Gasteiger partial charge in [0.05, 0.1) is 29.5 Å². The highest BCUT2D eigenvalue weighted by Gasteiger charge is 2.29. The maximum atomic E-state index is 16.5. The van der Waals surface area contributed by atoms with Gasteiger partial charge in [0.25, 0.3) is 5.91 Å². The summed E-state index contributed by atoms with van der Waals surface area (Å²) in [5.74, 6) is -3.95. The Labute approximate surface area is 222 Å². The van der Waals surface area contributed by atoms with Crippen LogP contribution in [0.4, 0.5) is 14.5 Å². The third-order valence-electron chi connectivity index (χ3n) is 5.94. The van der Waals surface area contributed by atoms with E-state index in [9.17, 15) is 27.5 Å². The smallest absolute Gasteiger partial charge is 0.339 e. The molecule has 4 rings (SSSR count). The molecule has 0 unspecified atom stereocenters. The number of carboxylic acids is 1. The van der Waals surface area contributed by atoms with E-state index in [1.165, 1.54) is 44.5 Å². The molecule has 4 aromatic rings. The second-order valence-electron chi connectivity index (χ2n) is 8.52. The number of hydrogen-bond donors (Lipinski definition) is 3. The predicted molar refractivity (Wildman–Crippen MR) is 142 cm³/mol. The lowest BCUT2D eigenvalue weighted by atomic mass is 9.96. The van der Waals surface area contributed by atoms with E-state index in [1.54, 1.807) is 6.92 Å². The molecule has 204 valence electrons. The fourth-order valence-corrected chi connectivity index (χ4v) is 5.38. The Bertz CT molecular complexity index is 1700. The Morgan fingerprint density at radius 1 is 1.05 bits per heavy atom. The van der Waals surface area contributed by atoms with Crippen molar-refractivity contribution in [2.45, 2.75) is 13.3 Å². The normalized spacial score (nSPS) is 11.4. The molecular weight excluding hydrogens is 534 g/mol. The van der Waals surface area contributed by atoms with Crippen molar-refractivity contribution < 1.29 is 41.0 Å². The highest BCUT2D eigenvalue weighted by molar-refractivity contribution is 7.92. The summed E-state index contributed by atoms with van der Waals surface area (Å²) in [5, 5.41) is 11.8. The SMILES string of the molecule is CCCS(=O)(=O)Nc1cc2oc(-c3ccc(F)cc3)c(C(=O)NC)c2c(F)c1-c1ccc(OC)c(C(=O)O)c1. The molecule has 12 heteroatoms. The maximum Gasteiger partial charge on any atom is 0.339 e. The standard InChI is InChI=1S/C27H24F2N2O7S/c1-4-11-39(35,36)31-18-13-20-22(23(26(32)30-2)25(38-20)14-5-8-16(28)9-6-14)24(29)21(18)15-7-10-19(37-3)17(12-15)27(33)34/h5-10,12-13,31H,4,11H2,1-3H3,(H,30,32)(H,33,34). The number of halogens is 2. The Hall–Kier alpha value is -4.45. The largest absolute Gasteiger partial charge is 0.496 e. The number of carbonyl (C=O) groups is 2. The van der Waals surface area contributed by atoms with Crippen molar-refractivity contribution in [2.24, 2.45) is 0 Å². The number of rotatable bonds is 9. The van der Waals surface area contributed by atoms with Crippen LogP contribution in [0.3, 0.4) is 0 Å². The Kier molecular flexibility index (Phi) is 7.59. The summed E-state index contributed by atoms with van der Waals surface area (Å²) < 4.78 is 68.8. The summed E-state index contributed by atoms with van der Waals surface area (Å²) in [7, 11) is -1.33. The molecule has 0 saturated heterocycles. The number of furan rings is 1. The fourth-order valence-electron chi connectivity index (χ4n) is 4.24. The average molecular weight is 559 g/mol. The Balaban J connectivity index is 2.11. The summed E-state index contributed by atoms with van der Waals surface area (Å²) in [6.07, 6.45) is 0.275. The molecule has 1 amide bonds. The molecule has 0 spiro atoms. The van der Waals surface area contributed by atoms with Crippen LogP contribution in [-0.4, -0.2) is 45.3 Å². The number of amides is 1. The molecule has 0 atom stereocenters. The van der Waals surface area contributed by atoms with Gasteiger partial charge in [-0.3, -0.25) is 9.52 Å². The van der Waals surface area contributed by atoms with E-state index in [2.05, 4.69) is 10.0 Å². The van der Waals surface area contributed by atoms with Crippen LogP contribution in [-0.2, 0) is 10.0 Å². The Morgan fingerprint density at radius 3 is 2.31 bits per heavy atom. The highest BCUT2D eigenvalue weighted by atomic mass is 32.2. The van der Waals surface area contributed by atoms with Gasteiger partial charge in [-0.2, -0.15) is 0 Å². The number of methoxy groups -OCH3 is 1. The number of sulfonamides is 1. The van der Waals surface area contributed by atoms with Gasteiger partial charge < -0.3 is 19.6 Å². The molecule has 0 bridgehead atoms. The van der Waals surface area contributed by atoms with Crippen LogP contribution in [0, 0.1) is 11.6 Å². The van der Waals surface area contributed by atoms with Crippen molar-refractivity contribution in [3.05, 3.63) is 71.3 Å². The molecule has 39 heavy (non-hydrogen) atoms. The van der Waals surface area contributed by atoms with Gasteiger partial charge in [0.15, 0.2) is 0 Å². The lowest BCUT2D eigenvalue weighted by Crippen LogP contribution is -2.19. The molecule has 1 heterocycles. The van der Waals surface area contributed by atoms with Crippen LogP contribution >= 0.6 is 0 Å². The second-order valence-corrected chi connectivity index (χ2v) is 10.4. The topological polar surface area (TPSA) is 135 Å². The molecule has 0 radical (unpaired) electrons. The maximum absolute atomic E-state index is 16.5. The number of carboxylic acid groups (broad SMARTS) is 1. The monoisotopic (exact) mass is 558 g/mol. The number of nitrogens with one attached hydrogen (secondary N) is 2. The van der Waals surface area contributed by atoms with E-state index in [0.717, 1.165) is 18.2 Å². The predicted octanol–water partition coefficient (Wildman–Crippen LogP) is 5.26. The van der Waals surface area contributed by atoms with Crippen LogP contribution in [0.5, 0.6) is 5.75 Å². The van der Waals surface area contributed by atoms with Crippen molar-refractivity contribution in [3.8, 4) is 28.2 Å². The van der Waals surface area contributed by atoms with Crippen molar-refractivity contribution in [1.82, 2.24) is 5.32 Å². The summed E-state index contributed by atoms with van der Waals surface area (Å²) in [6.45, 7) is 1.66. The van der Waals surface area contributed by atoms with E-state index in [-0.39, 0.29) is 68.2 Å². The quantitative estimate of drug-likeness (QED) is 0.255. The minimum absolute atomic E-state index is 0.00815. The van der Waals surface area contributed by atoms with E-state index < -0.39 is 33.5 Å². The third-order valence-corrected chi connectivity index (χ3v) is 7.41. The van der Waals surface area contributed by atoms with Crippen LogP contribution in [0.1, 0.15) is 34.1 Å². The zero-order chi connectivity index (χ0) is 28.5. The highest BCUT2D eigenvalue weighted by Crippen LogP contribution is 2.43. The zero-order valence-electron chi connectivity index (χ0n) is 21.1. The molecule has 3 aromatic carbocycles. The molecule has 9 nitrogen and oxygen atoms in total. The summed E-state index contributed by atoms with van der Waals surface area (Å²) >= 11 is 0. The van der Waals surface area contributed by atoms with E-state index >= 15 is 4.39 Å². The molecule has 0 aliphatic carbocycles. The van der Waals surface area contributed by atoms with Gasteiger partial charge >= 0.3 is 5.97 Å². The number of anilines is 1. The lowest BCUT2D eigenvalue weighted by Gasteiger charge is -2.16. The van der Waals surface area contributed by atoms with E-state index in [0.29, 0.717) is 0 Å². The van der Waals surface area contributed by atoms with E-state index in [4.69, 9.17) is 9.15 Å². The minimum atomic E-state index is -3.94. The Morgan fingerprint density at radius 2 is 1.72 bits per heavy atom. The van der Waals surface area contributed by atoms with Crippen molar-refractivity contribution in [2.75, 3.05) is 24.6 Å². The first-order valence-electron chi connectivity index (χ1n) is 11.7. The zero-order valence-corrected chi connectivity index (χ0v) is 21.9. The van der Waals surface area contributed by atoms with Gasteiger partial charge in [0.2, 0.25) is 10.0 Å². The summed E-state index contributed by atoms with van der Waals surface area (Å²) in [4.78, 5) is 24.8. The first-order chi connectivity index (χ1) is 18.5. The number of ether oxygens (including phenoxy) is 1. The molecule has 1 aromatic heterocycles. The number of fused-ring (bicyclic) bond motifs is 1. The van der Waals surface area contributed by atoms with Crippen molar-refractivity contribution in [1.29, 1.82) is 0 Å². The van der Waals surface area contributed by atoms with Crippen LogP contribution in [0.25, 0.3) is 33.4 Å². The average Bonchev–Trinajstić information content (AvgIpc) is 3.27. The molecule has 0 fully saturated rings. The van der Waals surface area contributed by atoms with Gasteiger partial charge in [-0.1, -0.05) is 13.0 Å². The van der Waals surface area contributed by atoms with Crippen molar-refractivity contribution in [3.63, 3.8) is 0 Å². The first kappa shape index (κ1) is 27.6. The number of aromatic carboxylic acids is 1. The number of benzene rings is 3. The van der Waals surface area contributed by atoms with Gasteiger partial charge in [0, 0.05) is 24.2 Å². The molecule has 3 N–H and O–H groups in total. The van der Waals surface area contributed by atoms with Crippen molar-refractivity contribution >= 4 is 38.6 Å². The fraction of sp³-hybridized carbons (Fsp3) is 0.185. The minimum Gasteiger partial charge on any atom is -0.496 e. The van der Waals surface area contributed by atoms with Crippen LogP contribution < -0.4 is 14.8 Å².